The Hall–Kier alpha value is -2.73. The minimum Gasteiger partial charge on any atom is -0.394 e. The Morgan fingerprint density at radius 2 is 2.16 bits per heavy atom. The van der Waals surface area contributed by atoms with Crippen LogP contribution in [0, 0.1) is 6.92 Å². The average Bonchev–Trinajstić information content (AvgIpc) is 3.00. The number of rotatable bonds is 2. The van der Waals surface area contributed by atoms with Crippen molar-refractivity contribution >= 4 is 16.9 Å². The van der Waals surface area contributed by atoms with Gasteiger partial charge in [0.2, 0.25) is 0 Å². The normalized spacial score (nSPS) is 16.9. The van der Waals surface area contributed by atoms with Crippen LogP contribution >= 0.6 is 0 Å². The molecule has 4 rings (SSSR count). The summed E-state index contributed by atoms with van der Waals surface area (Å²) in [7, 11) is 1.82. The molecule has 0 bridgehead atoms. The van der Waals surface area contributed by atoms with Crippen LogP contribution in [0.5, 0.6) is 0 Å². The van der Waals surface area contributed by atoms with E-state index >= 15 is 0 Å². The molecule has 1 N–H and O–H groups in total. The smallest absolute Gasteiger partial charge is 0.255 e. The number of carbonyl (C=O) groups excluding carboxylic acids is 1. The maximum atomic E-state index is 13.3. The molecule has 25 heavy (non-hydrogen) atoms. The van der Waals surface area contributed by atoms with E-state index in [9.17, 15) is 9.90 Å². The fourth-order valence-electron chi connectivity index (χ4n) is 3.66. The summed E-state index contributed by atoms with van der Waals surface area (Å²) in [6.07, 6.45) is 2.47. The number of hydrogen-bond donors (Lipinski definition) is 1. The van der Waals surface area contributed by atoms with Gasteiger partial charge in [-0.3, -0.25) is 9.48 Å². The third-order valence-corrected chi connectivity index (χ3v) is 4.91. The molecule has 2 aromatic heterocycles. The van der Waals surface area contributed by atoms with Gasteiger partial charge in [0, 0.05) is 19.3 Å². The van der Waals surface area contributed by atoms with Crippen LogP contribution in [0.3, 0.4) is 0 Å². The number of aliphatic hydroxyl groups is 1. The Labute approximate surface area is 145 Å². The Kier molecular flexibility index (Phi) is 3.77. The highest BCUT2D eigenvalue weighted by Gasteiger charge is 2.31. The van der Waals surface area contributed by atoms with Gasteiger partial charge in [-0.15, -0.1) is 0 Å². The van der Waals surface area contributed by atoms with E-state index in [1.54, 1.807) is 21.8 Å². The van der Waals surface area contributed by atoms with Crippen molar-refractivity contribution in [3.8, 4) is 0 Å². The minimum absolute atomic E-state index is 0.0861. The Bertz CT molecular complexity index is 963. The molecule has 1 amide bonds. The predicted octanol–water partition coefficient (Wildman–Crippen LogP) is 2.01. The first-order chi connectivity index (χ1) is 12.1. The van der Waals surface area contributed by atoms with E-state index in [1.807, 2.05) is 32.2 Å². The fraction of sp³-hybridized carbons (Fsp3) is 0.316. The van der Waals surface area contributed by atoms with Crippen molar-refractivity contribution in [3.63, 3.8) is 0 Å². The van der Waals surface area contributed by atoms with Gasteiger partial charge in [-0.25, -0.2) is 4.98 Å². The molecule has 0 spiro atoms. The molecule has 0 saturated carbocycles. The van der Waals surface area contributed by atoms with E-state index in [4.69, 9.17) is 0 Å². The van der Waals surface area contributed by atoms with Gasteiger partial charge in [0.1, 0.15) is 0 Å². The molecule has 1 aliphatic rings. The molecular formula is C19H20N4O2. The first-order valence-corrected chi connectivity index (χ1v) is 8.39. The largest absolute Gasteiger partial charge is 0.394 e. The molecule has 6 nitrogen and oxygen atoms in total. The lowest BCUT2D eigenvalue weighted by Crippen LogP contribution is -2.41. The molecule has 128 valence electrons. The van der Waals surface area contributed by atoms with E-state index < -0.39 is 0 Å². The van der Waals surface area contributed by atoms with Crippen molar-refractivity contribution < 1.29 is 9.90 Å². The number of amides is 1. The second-order valence-electron chi connectivity index (χ2n) is 6.46. The number of pyridine rings is 1. The van der Waals surface area contributed by atoms with E-state index in [-0.39, 0.29) is 18.6 Å². The molecule has 1 atom stereocenters. The highest BCUT2D eigenvalue weighted by atomic mass is 16.3. The lowest BCUT2D eigenvalue weighted by Gasteiger charge is -2.36. The molecular weight excluding hydrogens is 316 g/mol. The average molecular weight is 336 g/mol. The van der Waals surface area contributed by atoms with E-state index in [0.29, 0.717) is 17.8 Å². The summed E-state index contributed by atoms with van der Waals surface area (Å²) in [6, 6.07) is 9.49. The summed E-state index contributed by atoms with van der Waals surface area (Å²) in [5.41, 5.74) is 4.29. The summed E-state index contributed by atoms with van der Waals surface area (Å²) < 4.78 is 1.67. The summed E-state index contributed by atoms with van der Waals surface area (Å²) >= 11 is 0. The molecule has 0 radical (unpaired) electrons. The second-order valence-corrected chi connectivity index (χ2v) is 6.46. The Morgan fingerprint density at radius 1 is 1.36 bits per heavy atom. The van der Waals surface area contributed by atoms with Crippen LogP contribution in [-0.4, -0.2) is 43.8 Å². The third kappa shape index (κ3) is 2.49. The molecule has 3 heterocycles. The zero-order valence-electron chi connectivity index (χ0n) is 14.3. The van der Waals surface area contributed by atoms with Crippen LogP contribution in [0.4, 0.5) is 0 Å². The number of carbonyl (C=O) groups is 1. The van der Waals surface area contributed by atoms with Gasteiger partial charge < -0.3 is 10.0 Å². The maximum absolute atomic E-state index is 13.3. The lowest BCUT2D eigenvalue weighted by atomic mass is 9.92. The van der Waals surface area contributed by atoms with Crippen LogP contribution in [0.1, 0.15) is 33.2 Å². The molecule has 0 fully saturated rings. The zero-order chi connectivity index (χ0) is 17.6. The molecule has 1 aliphatic heterocycles. The minimum atomic E-state index is -0.322. The second kappa shape index (κ2) is 5.97. The summed E-state index contributed by atoms with van der Waals surface area (Å²) in [6.45, 7) is 2.37. The zero-order valence-corrected chi connectivity index (χ0v) is 14.3. The van der Waals surface area contributed by atoms with Crippen LogP contribution in [0.15, 0.2) is 36.5 Å². The SMILES string of the molecule is Cc1cc(C(=O)N2CCc3ccccc3C2CO)c2cnn(C)c2n1. The Balaban J connectivity index is 1.79. The standard InChI is InChI=1S/C19H20N4O2/c1-12-9-15(16-10-20-22(2)18(16)21-12)19(25)23-8-7-13-5-3-4-6-14(13)17(23)11-24/h3-6,9-10,17,24H,7-8,11H2,1-2H3. The molecule has 1 unspecified atom stereocenters. The summed E-state index contributed by atoms with van der Waals surface area (Å²) in [5, 5.41) is 14.9. The fourth-order valence-corrected chi connectivity index (χ4v) is 3.66. The van der Waals surface area contributed by atoms with E-state index in [1.165, 1.54) is 5.56 Å². The van der Waals surface area contributed by atoms with Gasteiger partial charge in [0.15, 0.2) is 5.65 Å². The van der Waals surface area contributed by atoms with Gasteiger partial charge in [-0.05, 0) is 30.5 Å². The van der Waals surface area contributed by atoms with Gasteiger partial charge in [0.25, 0.3) is 5.91 Å². The van der Waals surface area contributed by atoms with Crippen LogP contribution in [0.25, 0.3) is 11.0 Å². The predicted molar refractivity (Wildman–Crippen MR) is 94.3 cm³/mol. The van der Waals surface area contributed by atoms with Crippen molar-refractivity contribution in [2.24, 2.45) is 7.05 Å². The Morgan fingerprint density at radius 3 is 2.96 bits per heavy atom. The first-order valence-electron chi connectivity index (χ1n) is 8.39. The highest BCUT2D eigenvalue weighted by Crippen LogP contribution is 2.31. The molecule has 1 aromatic carbocycles. The summed E-state index contributed by atoms with van der Waals surface area (Å²) in [5.74, 6) is -0.0861. The number of fused-ring (bicyclic) bond motifs is 2. The van der Waals surface area contributed by atoms with Gasteiger partial charge >= 0.3 is 0 Å². The van der Waals surface area contributed by atoms with E-state index in [2.05, 4.69) is 16.1 Å². The van der Waals surface area contributed by atoms with Crippen molar-refractivity contribution in [3.05, 3.63) is 58.9 Å². The monoisotopic (exact) mass is 336 g/mol. The van der Waals surface area contributed by atoms with Crippen molar-refractivity contribution in [2.75, 3.05) is 13.2 Å². The van der Waals surface area contributed by atoms with Gasteiger partial charge in [-0.1, -0.05) is 24.3 Å². The number of benzene rings is 1. The van der Waals surface area contributed by atoms with Crippen LogP contribution in [0.2, 0.25) is 0 Å². The molecule has 0 saturated heterocycles. The van der Waals surface area contributed by atoms with Gasteiger partial charge in [-0.2, -0.15) is 5.10 Å². The first kappa shape index (κ1) is 15.8. The van der Waals surface area contributed by atoms with Gasteiger partial charge in [0.05, 0.1) is 29.8 Å². The summed E-state index contributed by atoms with van der Waals surface area (Å²) in [4.78, 5) is 19.6. The van der Waals surface area contributed by atoms with Crippen molar-refractivity contribution in [1.29, 1.82) is 0 Å². The number of nitrogens with zero attached hydrogens (tertiary/aromatic N) is 4. The lowest BCUT2D eigenvalue weighted by molar-refractivity contribution is 0.0570. The quantitative estimate of drug-likeness (QED) is 0.777. The third-order valence-electron chi connectivity index (χ3n) is 4.91. The molecule has 6 heteroatoms. The van der Waals surface area contributed by atoms with Crippen molar-refractivity contribution in [1.82, 2.24) is 19.7 Å². The van der Waals surface area contributed by atoms with E-state index in [0.717, 1.165) is 23.1 Å². The van der Waals surface area contributed by atoms with Crippen LogP contribution < -0.4 is 0 Å². The highest BCUT2D eigenvalue weighted by molar-refractivity contribution is 6.05. The maximum Gasteiger partial charge on any atom is 0.255 e. The number of aryl methyl sites for hydroxylation is 2. The molecule has 0 aliphatic carbocycles. The number of aromatic nitrogens is 3. The topological polar surface area (TPSA) is 71.2 Å². The molecule has 3 aromatic rings. The van der Waals surface area contributed by atoms with Crippen LogP contribution in [-0.2, 0) is 13.5 Å². The number of aliphatic hydroxyl groups excluding tert-OH is 1. The van der Waals surface area contributed by atoms with Crippen molar-refractivity contribution in [2.45, 2.75) is 19.4 Å². The number of hydrogen-bond acceptors (Lipinski definition) is 4.